The zero-order valence-electron chi connectivity index (χ0n) is 16.6. The van der Waals surface area contributed by atoms with Crippen LogP contribution in [0.15, 0.2) is 36.4 Å². The first kappa shape index (κ1) is 19.3. The highest BCUT2D eigenvalue weighted by molar-refractivity contribution is 6.32. The lowest BCUT2D eigenvalue weighted by atomic mass is 10.1. The van der Waals surface area contributed by atoms with Gasteiger partial charge < -0.3 is 19.1 Å². The zero-order chi connectivity index (χ0) is 20.5. The maximum absolute atomic E-state index is 12.6. The zero-order valence-corrected chi connectivity index (χ0v) is 17.4. The Kier molecular flexibility index (Phi) is 5.27. The Bertz CT molecular complexity index is 999. The number of benzene rings is 2. The van der Waals surface area contributed by atoms with Crippen LogP contribution in [-0.2, 0) is 17.8 Å². The van der Waals surface area contributed by atoms with Gasteiger partial charge in [-0.1, -0.05) is 23.7 Å². The van der Waals surface area contributed by atoms with Crippen molar-refractivity contribution in [2.45, 2.75) is 13.0 Å². The number of fused-ring (bicyclic) bond motifs is 2. The molecule has 0 bridgehead atoms. The second kappa shape index (κ2) is 8.20. The Morgan fingerprint density at radius 2 is 1.90 bits per heavy atom. The monoisotopic (exact) mass is 426 g/mol. The molecule has 7 heteroatoms. The summed E-state index contributed by atoms with van der Waals surface area (Å²) in [5.41, 5.74) is 3.42. The maximum atomic E-state index is 12.6. The Hall–Kier alpha value is -2.70. The Labute approximate surface area is 180 Å². The highest BCUT2D eigenvalue weighted by Crippen LogP contribution is 2.40. The normalized spacial score (nSPS) is 18.0. The van der Waals surface area contributed by atoms with E-state index in [1.165, 1.54) is 11.1 Å². The van der Waals surface area contributed by atoms with Crippen LogP contribution in [0.3, 0.4) is 0 Å². The van der Waals surface area contributed by atoms with Gasteiger partial charge in [0, 0.05) is 45.2 Å². The van der Waals surface area contributed by atoms with Gasteiger partial charge in [0.1, 0.15) is 5.75 Å². The SMILES string of the molecule is O=C(/C=C/c1cc(Cl)c2c(c1)OCO2)N1CCN(Cc2ccc3c(c2)CCO3)CC1. The quantitative estimate of drug-likeness (QED) is 0.702. The summed E-state index contributed by atoms with van der Waals surface area (Å²) in [6, 6.07) is 10.1. The first-order chi connectivity index (χ1) is 14.7. The Balaban J connectivity index is 1.15. The van der Waals surface area contributed by atoms with E-state index in [1.807, 2.05) is 11.0 Å². The largest absolute Gasteiger partial charge is 0.493 e. The number of halogens is 1. The molecular formula is C23H23ClN2O4. The molecule has 0 unspecified atom stereocenters. The van der Waals surface area contributed by atoms with Crippen LogP contribution in [0, 0.1) is 0 Å². The smallest absolute Gasteiger partial charge is 0.246 e. The van der Waals surface area contributed by atoms with Gasteiger partial charge in [-0.25, -0.2) is 0 Å². The van der Waals surface area contributed by atoms with E-state index in [2.05, 4.69) is 23.1 Å². The van der Waals surface area contributed by atoms with Crippen molar-refractivity contribution < 1.29 is 19.0 Å². The molecule has 2 aromatic rings. The molecule has 0 atom stereocenters. The maximum Gasteiger partial charge on any atom is 0.246 e. The second-order valence-corrected chi connectivity index (χ2v) is 8.12. The molecule has 0 spiro atoms. The molecule has 0 saturated carbocycles. The summed E-state index contributed by atoms with van der Waals surface area (Å²) in [4.78, 5) is 16.9. The molecule has 6 nitrogen and oxygen atoms in total. The highest BCUT2D eigenvalue weighted by atomic mass is 35.5. The van der Waals surface area contributed by atoms with E-state index in [0.29, 0.717) is 16.5 Å². The lowest BCUT2D eigenvalue weighted by molar-refractivity contribution is -0.127. The molecule has 0 aliphatic carbocycles. The highest BCUT2D eigenvalue weighted by Gasteiger charge is 2.21. The minimum absolute atomic E-state index is 0.0121. The second-order valence-electron chi connectivity index (χ2n) is 7.71. The van der Waals surface area contributed by atoms with Crippen molar-refractivity contribution in [3.8, 4) is 17.2 Å². The average Bonchev–Trinajstić information content (AvgIpc) is 3.41. The predicted molar refractivity (Wildman–Crippen MR) is 114 cm³/mol. The third kappa shape index (κ3) is 3.98. The van der Waals surface area contributed by atoms with Gasteiger partial charge in [-0.05, 0) is 41.0 Å². The number of hydrogen-bond donors (Lipinski definition) is 0. The van der Waals surface area contributed by atoms with Gasteiger partial charge >= 0.3 is 0 Å². The molecule has 3 aliphatic heterocycles. The Morgan fingerprint density at radius 3 is 2.77 bits per heavy atom. The number of nitrogens with zero attached hydrogens (tertiary/aromatic N) is 2. The molecule has 5 rings (SSSR count). The molecule has 30 heavy (non-hydrogen) atoms. The van der Waals surface area contributed by atoms with E-state index in [1.54, 1.807) is 18.2 Å². The summed E-state index contributed by atoms with van der Waals surface area (Å²) in [6.45, 7) is 5.03. The van der Waals surface area contributed by atoms with Crippen LogP contribution >= 0.6 is 11.6 Å². The molecule has 1 amide bonds. The molecular weight excluding hydrogens is 404 g/mol. The van der Waals surface area contributed by atoms with Gasteiger partial charge in [-0.15, -0.1) is 0 Å². The van der Waals surface area contributed by atoms with Crippen LogP contribution in [-0.4, -0.2) is 55.3 Å². The molecule has 0 N–H and O–H groups in total. The van der Waals surface area contributed by atoms with Gasteiger partial charge in [0.05, 0.1) is 11.6 Å². The van der Waals surface area contributed by atoms with Crippen molar-refractivity contribution in [3.63, 3.8) is 0 Å². The van der Waals surface area contributed by atoms with E-state index in [9.17, 15) is 4.79 Å². The van der Waals surface area contributed by atoms with E-state index in [4.69, 9.17) is 25.8 Å². The summed E-state index contributed by atoms with van der Waals surface area (Å²) in [6.07, 6.45) is 4.37. The van der Waals surface area contributed by atoms with Crippen molar-refractivity contribution in [2.75, 3.05) is 39.6 Å². The summed E-state index contributed by atoms with van der Waals surface area (Å²) < 4.78 is 16.3. The minimum Gasteiger partial charge on any atom is -0.493 e. The molecule has 2 aromatic carbocycles. The first-order valence-electron chi connectivity index (χ1n) is 10.2. The van der Waals surface area contributed by atoms with Gasteiger partial charge in [0.2, 0.25) is 12.7 Å². The van der Waals surface area contributed by atoms with Gasteiger partial charge in [0.25, 0.3) is 0 Å². The van der Waals surface area contributed by atoms with Crippen molar-refractivity contribution in [2.24, 2.45) is 0 Å². The number of ether oxygens (including phenoxy) is 3. The number of carbonyl (C=O) groups excluding carboxylic acids is 1. The fourth-order valence-electron chi connectivity index (χ4n) is 4.08. The summed E-state index contributed by atoms with van der Waals surface area (Å²) in [5, 5.41) is 0.490. The van der Waals surface area contributed by atoms with E-state index in [-0.39, 0.29) is 12.7 Å². The summed E-state index contributed by atoms with van der Waals surface area (Å²) in [7, 11) is 0. The van der Waals surface area contributed by atoms with Crippen LogP contribution in [0.25, 0.3) is 6.08 Å². The molecule has 0 aromatic heterocycles. The topological polar surface area (TPSA) is 51.2 Å². The lowest BCUT2D eigenvalue weighted by Crippen LogP contribution is -2.47. The van der Waals surface area contributed by atoms with Crippen molar-refractivity contribution in [1.29, 1.82) is 0 Å². The van der Waals surface area contributed by atoms with E-state index >= 15 is 0 Å². The van der Waals surface area contributed by atoms with Crippen molar-refractivity contribution >= 4 is 23.6 Å². The van der Waals surface area contributed by atoms with Gasteiger partial charge in [-0.2, -0.15) is 0 Å². The van der Waals surface area contributed by atoms with Crippen LogP contribution in [0.5, 0.6) is 17.2 Å². The molecule has 1 fully saturated rings. The number of hydrogen-bond acceptors (Lipinski definition) is 5. The Morgan fingerprint density at radius 1 is 1.03 bits per heavy atom. The van der Waals surface area contributed by atoms with E-state index < -0.39 is 0 Å². The average molecular weight is 427 g/mol. The third-order valence-corrected chi connectivity index (χ3v) is 5.99. The van der Waals surface area contributed by atoms with Crippen molar-refractivity contribution in [1.82, 2.24) is 9.80 Å². The van der Waals surface area contributed by atoms with E-state index in [0.717, 1.165) is 57.1 Å². The van der Waals surface area contributed by atoms with Crippen LogP contribution < -0.4 is 14.2 Å². The van der Waals surface area contributed by atoms with Gasteiger partial charge in [-0.3, -0.25) is 9.69 Å². The van der Waals surface area contributed by atoms with Crippen LogP contribution in [0.4, 0.5) is 0 Å². The molecule has 1 saturated heterocycles. The standard InChI is InChI=1S/C23H23ClN2O4/c24-19-12-16(13-21-23(19)30-15-29-21)2-4-22(27)26-8-6-25(7-9-26)14-17-1-3-20-18(11-17)5-10-28-20/h1-4,11-13H,5-10,14-15H2/b4-2+. The molecule has 0 radical (unpaired) electrons. The van der Waals surface area contributed by atoms with Crippen LogP contribution in [0.1, 0.15) is 16.7 Å². The first-order valence-corrected chi connectivity index (χ1v) is 10.6. The minimum atomic E-state index is 0.0121. The number of amides is 1. The van der Waals surface area contributed by atoms with Crippen LogP contribution in [0.2, 0.25) is 5.02 Å². The van der Waals surface area contributed by atoms with Gasteiger partial charge in [0.15, 0.2) is 11.5 Å². The fourth-order valence-corrected chi connectivity index (χ4v) is 4.35. The third-order valence-electron chi connectivity index (χ3n) is 5.71. The molecule has 3 heterocycles. The van der Waals surface area contributed by atoms with Crippen molar-refractivity contribution in [3.05, 3.63) is 58.1 Å². The lowest BCUT2D eigenvalue weighted by Gasteiger charge is -2.34. The predicted octanol–water partition coefficient (Wildman–Crippen LogP) is 3.36. The number of piperazine rings is 1. The molecule has 3 aliphatic rings. The molecule has 156 valence electrons. The summed E-state index contributed by atoms with van der Waals surface area (Å²) >= 11 is 6.21. The fraction of sp³-hybridized carbons (Fsp3) is 0.348. The number of rotatable bonds is 4. The summed E-state index contributed by atoms with van der Waals surface area (Å²) in [5.74, 6) is 2.20. The number of carbonyl (C=O) groups is 1.